The zero-order valence-corrected chi connectivity index (χ0v) is 11.4. The van der Waals surface area contributed by atoms with Crippen LogP contribution >= 0.6 is 0 Å². The van der Waals surface area contributed by atoms with Gasteiger partial charge in [0.15, 0.2) is 5.65 Å². The third kappa shape index (κ3) is 1.90. The van der Waals surface area contributed by atoms with Crippen molar-refractivity contribution in [3.63, 3.8) is 0 Å². The molecule has 4 heterocycles. The molecular weight excluding hydrogens is 266 g/mol. The average molecular weight is 279 g/mol. The lowest BCUT2D eigenvalue weighted by molar-refractivity contribution is 0.943. The molecule has 0 aliphatic rings. The van der Waals surface area contributed by atoms with Crippen LogP contribution in [-0.2, 0) is 0 Å². The van der Waals surface area contributed by atoms with E-state index in [-0.39, 0.29) is 0 Å². The fraction of sp³-hybridized carbons (Fsp3) is 0.143. The molecular formula is C14H13N7. The van der Waals surface area contributed by atoms with Gasteiger partial charge < -0.3 is 10.3 Å². The van der Waals surface area contributed by atoms with Crippen LogP contribution in [0.4, 0.5) is 5.95 Å². The van der Waals surface area contributed by atoms with Gasteiger partial charge in [0.1, 0.15) is 5.65 Å². The van der Waals surface area contributed by atoms with Crippen molar-refractivity contribution in [1.29, 1.82) is 0 Å². The molecule has 0 unspecified atom stereocenters. The molecule has 7 heteroatoms. The van der Waals surface area contributed by atoms with Crippen LogP contribution < -0.4 is 5.32 Å². The highest BCUT2D eigenvalue weighted by Crippen LogP contribution is 2.26. The number of aromatic nitrogens is 6. The van der Waals surface area contributed by atoms with Crippen molar-refractivity contribution in [1.82, 2.24) is 29.5 Å². The van der Waals surface area contributed by atoms with E-state index in [1.165, 1.54) is 0 Å². The third-order valence-corrected chi connectivity index (χ3v) is 3.30. The van der Waals surface area contributed by atoms with E-state index >= 15 is 0 Å². The Labute approximate surface area is 120 Å². The molecule has 4 rings (SSSR count). The Morgan fingerprint density at radius 1 is 1.29 bits per heavy atom. The van der Waals surface area contributed by atoms with Crippen molar-refractivity contribution in [3.8, 4) is 11.3 Å². The summed E-state index contributed by atoms with van der Waals surface area (Å²) in [6.07, 6.45) is 7.27. The minimum absolute atomic E-state index is 0.622. The normalized spacial score (nSPS) is 11.3. The SMILES string of the molecule is CCNc1ncc2c(-c3ccc4nccn4n3)c[nH]c2n1. The van der Waals surface area contributed by atoms with E-state index in [0.29, 0.717) is 5.95 Å². The summed E-state index contributed by atoms with van der Waals surface area (Å²) < 4.78 is 1.75. The highest BCUT2D eigenvalue weighted by atomic mass is 15.2. The van der Waals surface area contributed by atoms with Crippen LogP contribution in [0.2, 0.25) is 0 Å². The van der Waals surface area contributed by atoms with Crippen LogP contribution in [0.5, 0.6) is 0 Å². The van der Waals surface area contributed by atoms with E-state index in [0.717, 1.165) is 34.5 Å². The largest absolute Gasteiger partial charge is 0.354 e. The zero-order chi connectivity index (χ0) is 14.2. The third-order valence-electron chi connectivity index (χ3n) is 3.30. The van der Waals surface area contributed by atoms with Crippen LogP contribution in [0.3, 0.4) is 0 Å². The zero-order valence-electron chi connectivity index (χ0n) is 11.4. The second-order valence-electron chi connectivity index (χ2n) is 4.64. The van der Waals surface area contributed by atoms with Crippen LogP contribution in [0.25, 0.3) is 27.9 Å². The van der Waals surface area contributed by atoms with Crippen molar-refractivity contribution in [3.05, 3.63) is 36.9 Å². The van der Waals surface area contributed by atoms with E-state index < -0.39 is 0 Å². The van der Waals surface area contributed by atoms with Crippen molar-refractivity contribution in [2.75, 3.05) is 11.9 Å². The summed E-state index contributed by atoms with van der Waals surface area (Å²) in [5, 5.41) is 8.60. The molecule has 2 N–H and O–H groups in total. The van der Waals surface area contributed by atoms with Crippen LogP contribution in [-0.4, -0.2) is 36.1 Å². The summed E-state index contributed by atoms with van der Waals surface area (Å²) in [7, 11) is 0. The van der Waals surface area contributed by atoms with Crippen molar-refractivity contribution in [2.45, 2.75) is 6.92 Å². The minimum Gasteiger partial charge on any atom is -0.354 e. The molecule has 0 aliphatic carbocycles. The number of hydrogen-bond donors (Lipinski definition) is 2. The second kappa shape index (κ2) is 4.55. The van der Waals surface area contributed by atoms with Crippen LogP contribution in [0.1, 0.15) is 6.92 Å². The Kier molecular flexibility index (Phi) is 2.56. The maximum Gasteiger partial charge on any atom is 0.224 e. The molecule has 7 nitrogen and oxygen atoms in total. The fourth-order valence-electron chi connectivity index (χ4n) is 2.32. The molecule has 0 amide bonds. The molecule has 4 aromatic rings. The smallest absolute Gasteiger partial charge is 0.224 e. The van der Waals surface area contributed by atoms with Gasteiger partial charge in [0.2, 0.25) is 5.95 Å². The van der Waals surface area contributed by atoms with Gasteiger partial charge in [-0.3, -0.25) is 0 Å². The molecule has 0 saturated carbocycles. The van der Waals surface area contributed by atoms with E-state index in [4.69, 9.17) is 0 Å². The summed E-state index contributed by atoms with van der Waals surface area (Å²) in [5.41, 5.74) is 3.45. The number of fused-ring (bicyclic) bond motifs is 2. The molecule has 0 fully saturated rings. The lowest BCUT2D eigenvalue weighted by atomic mass is 10.2. The topological polar surface area (TPSA) is 83.8 Å². The highest BCUT2D eigenvalue weighted by Gasteiger charge is 2.10. The van der Waals surface area contributed by atoms with Gasteiger partial charge in [0.05, 0.1) is 5.69 Å². The molecule has 0 radical (unpaired) electrons. The summed E-state index contributed by atoms with van der Waals surface area (Å²) in [6.45, 7) is 2.80. The summed E-state index contributed by atoms with van der Waals surface area (Å²) in [6, 6.07) is 3.89. The second-order valence-corrected chi connectivity index (χ2v) is 4.64. The Balaban J connectivity index is 1.85. The molecule has 0 bridgehead atoms. The van der Waals surface area contributed by atoms with Crippen molar-refractivity contribution < 1.29 is 0 Å². The number of rotatable bonds is 3. The Bertz CT molecular complexity index is 921. The summed E-state index contributed by atoms with van der Waals surface area (Å²) in [4.78, 5) is 16.1. The van der Waals surface area contributed by atoms with Gasteiger partial charge in [-0.05, 0) is 19.1 Å². The first-order chi connectivity index (χ1) is 10.3. The maximum atomic E-state index is 4.55. The summed E-state index contributed by atoms with van der Waals surface area (Å²) >= 11 is 0. The van der Waals surface area contributed by atoms with Gasteiger partial charge in [-0.15, -0.1) is 0 Å². The number of H-pyrrole nitrogens is 1. The van der Waals surface area contributed by atoms with Crippen molar-refractivity contribution in [2.24, 2.45) is 0 Å². The fourth-order valence-corrected chi connectivity index (χ4v) is 2.32. The first-order valence-corrected chi connectivity index (χ1v) is 6.74. The number of hydrogen-bond acceptors (Lipinski definition) is 5. The molecule has 0 atom stereocenters. The molecule has 0 spiro atoms. The number of nitrogens with one attached hydrogen (secondary N) is 2. The number of anilines is 1. The number of aromatic amines is 1. The quantitative estimate of drug-likeness (QED) is 0.600. The van der Waals surface area contributed by atoms with Gasteiger partial charge in [0, 0.05) is 42.3 Å². The predicted molar refractivity (Wildman–Crippen MR) is 80.0 cm³/mol. The predicted octanol–water partition coefficient (Wildman–Crippen LogP) is 2.10. The Morgan fingerprint density at radius 3 is 3.14 bits per heavy atom. The van der Waals surface area contributed by atoms with Gasteiger partial charge >= 0.3 is 0 Å². The van der Waals surface area contributed by atoms with Crippen LogP contribution in [0, 0.1) is 0 Å². The summed E-state index contributed by atoms with van der Waals surface area (Å²) in [5.74, 6) is 0.622. The first kappa shape index (κ1) is 11.8. The Morgan fingerprint density at radius 2 is 2.24 bits per heavy atom. The van der Waals surface area contributed by atoms with Gasteiger partial charge in [-0.25, -0.2) is 14.5 Å². The minimum atomic E-state index is 0.622. The van der Waals surface area contributed by atoms with Gasteiger partial charge in [-0.1, -0.05) is 0 Å². The maximum absolute atomic E-state index is 4.55. The van der Waals surface area contributed by atoms with E-state index in [2.05, 4.69) is 30.4 Å². The molecule has 0 saturated heterocycles. The average Bonchev–Trinajstić information content (AvgIpc) is 3.12. The van der Waals surface area contributed by atoms with E-state index in [1.807, 2.05) is 37.6 Å². The highest BCUT2D eigenvalue weighted by molar-refractivity contribution is 5.92. The van der Waals surface area contributed by atoms with Gasteiger partial charge in [-0.2, -0.15) is 10.1 Å². The number of imidazole rings is 1. The molecule has 0 aromatic carbocycles. The van der Waals surface area contributed by atoms with Crippen molar-refractivity contribution >= 4 is 22.6 Å². The molecule has 0 aliphatic heterocycles. The molecule has 21 heavy (non-hydrogen) atoms. The first-order valence-electron chi connectivity index (χ1n) is 6.74. The number of nitrogens with zero attached hydrogens (tertiary/aromatic N) is 5. The molecule has 4 aromatic heterocycles. The van der Waals surface area contributed by atoms with Crippen LogP contribution in [0.15, 0.2) is 36.9 Å². The lowest BCUT2D eigenvalue weighted by Gasteiger charge is -2.02. The monoisotopic (exact) mass is 279 g/mol. The molecule has 104 valence electrons. The van der Waals surface area contributed by atoms with E-state index in [9.17, 15) is 0 Å². The standard InChI is InChI=1S/C14H13N7/c1-2-15-14-18-8-10-9(7-17-13(10)19-14)11-3-4-12-16-5-6-21(12)20-11/h3-8H,2H2,1H3,(H2,15,17,18,19). The lowest BCUT2D eigenvalue weighted by Crippen LogP contribution is -2.01. The van der Waals surface area contributed by atoms with Gasteiger partial charge in [0.25, 0.3) is 0 Å². The van der Waals surface area contributed by atoms with E-state index in [1.54, 1.807) is 10.7 Å². The Hall–Kier alpha value is -2.96.